The van der Waals surface area contributed by atoms with Crippen LogP contribution in [0.2, 0.25) is 0 Å². The predicted octanol–water partition coefficient (Wildman–Crippen LogP) is 1.53. The van der Waals surface area contributed by atoms with Gasteiger partial charge in [-0.3, -0.25) is 0 Å². The van der Waals surface area contributed by atoms with E-state index in [1.807, 2.05) is 6.07 Å². The average Bonchev–Trinajstić information content (AvgIpc) is 2.76. The highest BCUT2D eigenvalue weighted by molar-refractivity contribution is 5.26. The molecule has 0 spiro atoms. The number of nitrogen functional groups attached to an aromatic ring is 1. The van der Waals surface area contributed by atoms with Gasteiger partial charge in [0.2, 0.25) is 0 Å². The minimum atomic E-state index is 0.490. The Hall–Kier alpha value is -1.03. The Morgan fingerprint density at radius 2 is 2.47 bits per heavy atom. The Kier molecular flexibility index (Phi) is 2.95. The van der Waals surface area contributed by atoms with Gasteiger partial charge in [-0.1, -0.05) is 5.16 Å². The monoisotopic (exact) mass is 209 g/mol. The molecule has 1 aliphatic heterocycles. The number of aromatic nitrogens is 1. The van der Waals surface area contributed by atoms with Gasteiger partial charge in [0.05, 0.1) is 0 Å². The molecule has 0 amide bonds. The molecule has 1 fully saturated rings. The first-order chi connectivity index (χ1) is 7.15. The molecule has 0 saturated carbocycles. The first kappa shape index (κ1) is 10.5. The molecule has 1 aromatic rings. The normalized spacial score (nSPS) is 22.7. The summed E-state index contributed by atoms with van der Waals surface area (Å²) in [6.45, 7) is 6.86. The van der Waals surface area contributed by atoms with Gasteiger partial charge in [0.15, 0.2) is 5.82 Å². The number of hydrogen-bond donors (Lipinski definition) is 1. The van der Waals surface area contributed by atoms with E-state index in [0.29, 0.717) is 17.8 Å². The Morgan fingerprint density at radius 1 is 1.67 bits per heavy atom. The second-order valence-electron chi connectivity index (χ2n) is 4.67. The second-order valence-corrected chi connectivity index (χ2v) is 4.67. The van der Waals surface area contributed by atoms with E-state index in [0.717, 1.165) is 18.7 Å². The second kappa shape index (κ2) is 4.23. The van der Waals surface area contributed by atoms with Crippen molar-refractivity contribution in [1.29, 1.82) is 0 Å². The summed E-state index contributed by atoms with van der Waals surface area (Å²) in [4.78, 5) is 2.50. The van der Waals surface area contributed by atoms with Crippen molar-refractivity contribution in [2.24, 2.45) is 5.92 Å². The Balaban J connectivity index is 1.87. The number of anilines is 1. The number of nitrogens with two attached hydrogens (primary N) is 1. The number of rotatable bonds is 3. The fraction of sp³-hybridized carbons (Fsp3) is 0.727. The van der Waals surface area contributed by atoms with E-state index in [-0.39, 0.29) is 0 Å². The lowest BCUT2D eigenvalue weighted by molar-refractivity contribution is 0.261. The van der Waals surface area contributed by atoms with Crippen LogP contribution in [0.1, 0.15) is 26.0 Å². The molecule has 0 aromatic carbocycles. The van der Waals surface area contributed by atoms with Crippen molar-refractivity contribution >= 4 is 5.82 Å². The maximum Gasteiger partial charge on any atom is 0.167 e. The third kappa shape index (κ3) is 2.50. The average molecular weight is 209 g/mol. The Morgan fingerprint density at radius 3 is 3.00 bits per heavy atom. The van der Waals surface area contributed by atoms with Crippen LogP contribution in [0.25, 0.3) is 0 Å². The van der Waals surface area contributed by atoms with E-state index in [2.05, 4.69) is 23.9 Å². The topological polar surface area (TPSA) is 55.3 Å². The zero-order chi connectivity index (χ0) is 10.8. The zero-order valence-electron chi connectivity index (χ0n) is 9.44. The third-order valence-electron chi connectivity index (χ3n) is 3.11. The van der Waals surface area contributed by atoms with E-state index in [1.54, 1.807) is 0 Å². The highest BCUT2D eigenvalue weighted by Crippen LogP contribution is 2.22. The summed E-state index contributed by atoms with van der Waals surface area (Å²) in [5.74, 6) is 2.10. The van der Waals surface area contributed by atoms with Gasteiger partial charge < -0.3 is 15.2 Å². The van der Waals surface area contributed by atoms with E-state index in [9.17, 15) is 0 Å². The quantitative estimate of drug-likeness (QED) is 0.820. The van der Waals surface area contributed by atoms with Crippen molar-refractivity contribution in [2.45, 2.75) is 32.7 Å². The Labute approximate surface area is 90.4 Å². The van der Waals surface area contributed by atoms with Crippen LogP contribution >= 0.6 is 0 Å². The van der Waals surface area contributed by atoms with Crippen LogP contribution in [-0.4, -0.2) is 29.2 Å². The lowest BCUT2D eigenvalue weighted by atomic mass is 10.0. The van der Waals surface area contributed by atoms with Gasteiger partial charge in [0, 0.05) is 25.1 Å². The zero-order valence-corrected chi connectivity index (χ0v) is 9.44. The summed E-state index contributed by atoms with van der Waals surface area (Å²) in [7, 11) is 0. The molecule has 0 aliphatic carbocycles. The van der Waals surface area contributed by atoms with Crippen LogP contribution in [0.5, 0.6) is 0 Å². The molecule has 1 aromatic heterocycles. The first-order valence-corrected chi connectivity index (χ1v) is 5.60. The van der Waals surface area contributed by atoms with Crippen LogP contribution in [0, 0.1) is 5.92 Å². The third-order valence-corrected chi connectivity index (χ3v) is 3.11. The van der Waals surface area contributed by atoms with E-state index in [1.165, 1.54) is 13.0 Å². The maximum atomic E-state index is 5.51. The van der Waals surface area contributed by atoms with Gasteiger partial charge in [0.25, 0.3) is 0 Å². The molecule has 4 nitrogen and oxygen atoms in total. The summed E-state index contributed by atoms with van der Waals surface area (Å²) >= 11 is 0. The maximum absolute atomic E-state index is 5.51. The van der Waals surface area contributed by atoms with Crippen molar-refractivity contribution < 1.29 is 4.52 Å². The molecule has 2 heterocycles. The van der Waals surface area contributed by atoms with E-state index < -0.39 is 0 Å². The van der Waals surface area contributed by atoms with Crippen molar-refractivity contribution in [3.05, 3.63) is 11.8 Å². The van der Waals surface area contributed by atoms with Gasteiger partial charge in [0.1, 0.15) is 5.76 Å². The van der Waals surface area contributed by atoms with Crippen LogP contribution in [0.3, 0.4) is 0 Å². The summed E-state index contributed by atoms with van der Waals surface area (Å²) in [5.41, 5.74) is 5.51. The van der Waals surface area contributed by atoms with Crippen LogP contribution in [0.15, 0.2) is 10.6 Å². The molecule has 0 radical (unpaired) electrons. The highest BCUT2D eigenvalue weighted by Gasteiger charge is 2.25. The summed E-state index contributed by atoms with van der Waals surface area (Å²) in [5, 5.41) is 3.70. The van der Waals surface area contributed by atoms with Crippen LogP contribution < -0.4 is 5.73 Å². The van der Waals surface area contributed by atoms with E-state index in [4.69, 9.17) is 10.3 Å². The molecule has 1 atom stereocenters. The van der Waals surface area contributed by atoms with Gasteiger partial charge in [-0.05, 0) is 32.7 Å². The summed E-state index contributed by atoms with van der Waals surface area (Å²) < 4.78 is 5.13. The largest absolute Gasteiger partial charge is 0.381 e. The Bertz CT molecular complexity index is 321. The molecule has 15 heavy (non-hydrogen) atoms. The minimum Gasteiger partial charge on any atom is -0.381 e. The smallest absolute Gasteiger partial charge is 0.167 e. The lowest BCUT2D eigenvalue weighted by Crippen LogP contribution is -2.28. The van der Waals surface area contributed by atoms with Gasteiger partial charge in [-0.2, -0.15) is 0 Å². The number of nitrogens with zero attached hydrogens (tertiary/aromatic N) is 2. The number of likely N-dealkylation sites (tertiary alicyclic amines) is 1. The van der Waals surface area contributed by atoms with Crippen LogP contribution in [0.4, 0.5) is 5.82 Å². The van der Waals surface area contributed by atoms with Gasteiger partial charge >= 0.3 is 0 Å². The molecule has 0 bridgehead atoms. The molecule has 2 N–H and O–H groups in total. The molecular formula is C11H19N3O. The summed E-state index contributed by atoms with van der Waals surface area (Å²) in [6.07, 6.45) is 2.21. The van der Waals surface area contributed by atoms with Crippen LogP contribution in [-0.2, 0) is 6.42 Å². The lowest BCUT2D eigenvalue weighted by Gasteiger charge is -2.19. The fourth-order valence-electron chi connectivity index (χ4n) is 2.21. The van der Waals surface area contributed by atoms with Crippen molar-refractivity contribution in [1.82, 2.24) is 10.1 Å². The molecule has 1 aliphatic rings. The van der Waals surface area contributed by atoms with E-state index >= 15 is 0 Å². The first-order valence-electron chi connectivity index (χ1n) is 5.60. The summed E-state index contributed by atoms with van der Waals surface area (Å²) in [6, 6.07) is 2.48. The molecule has 84 valence electrons. The molecule has 4 heteroatoms. The molecule has 2 rings (SSSR count). The standard InChI is InChI=1S/C11H19N3O/c1-8(2)14-4-3-9(7-14)5-10-6-11(12)13-15-10/h6,8-9H,3-5,7H2,1-2H3,(H2,12,13). The highest BCUT2D eigenvalue weighted by atomic mass is 16.5. The predicted molar refractivity (Wildman–Crippen MR) is 59.4 cm³/mol. The molecule has 1 saturated heterocycles. The molecule has 1 unspecified atom stereocenters. The molecular weight excluding hydrogens is 190 g/mol. The van der Waals surface area contributed by atoms with Crippen molar-refractivity contribution in [2.75, 3.05) is 18.8 Å². The minimum absolute atomic E-state index is 0.490. The fourth-order valence-corrected chi connectivity index (χ4v) is 2.21. The van der Waals surface area contributed by atoms with Gasteiger partial charge in [-0.25, -0.2) is 0 Å². The SMILES string of the molecule is CC(C)N1CCC(Cc2cc(N)no2)C1. The van der Waals surface area contributed by atoms with Gasteiger partial charge in [-0.15, -0.1) is 0 Å². The van der Waals surface area contributed by atoms with Crippen molar-refractivity contribution in [3.63, 3.8) is 0 Å². The number of hydrogen-bond acceptors (Lipinski definition) is 4. The van der Waals surface area contributed by atoms with Crippen molar-refractivity contribution in [3.8, 4) is 0 Å².